The van der Waals surface area contributed by atoms with Crippen LogP contribution in [0.4, 0.5) is 0 Å². The maximum Gasteiger partial charge on any atom is 0.319 e. The SMILES string of the molecule is CCC(NC1CCCn2c1cc1ccccc12)c1c(O)ccc2c3c([nH]c12)C1(C(=O)OC)CC2CC(CC)C1N(CC3)C2. The molecule has 9 rings (SSSR count). The molecule has 1 aliphatic carbocycles. The number of ether oxygens (including phenoxy) is 1. The Labute approximate surface area is 253 Å². The van der Waals surface area contributed by atoms with Gasteiger partial charge < -0.3 is 24.7 Å². The molecule has 2 aromatic heterocycles. The molecule has 5 aliphatic rings. The molecule has 7 unspecified atom stereocenters. The lowest BCUT2D eigenvalue weighted by molar-refractivity contribution is -0.162. The first-order valence-electron chi connectivity index (χ1n) is 16.5. The molecule has 43 heavy (non-hydrogen) atoms. The number of methoxy groups -OCH3 is 1. The molecule has 4 aromatic rings. The minimum Gasteiger partial charge on any atom is -0.508 e. The van der Waals surface area contributed by atoms with E-state index in [9.17, 15) is 9.90 Å². The number of esters is 1. The predicted octanol–water partition coefficient (Wildman–Crippen LogP) is 6.49. The Kier molecular flexibility index (Phi) is 6.43. The lowest BCUT2D eigenvalue weighted by atomic mass is 9.56. The molecule has 0 radical (unpaired) electrons. The van der Waals surface area contributed by atoms with Gasteiger partial charge in [0.05, 0.1) is 12.6 Å². The number of aryl methyl sites for hydroxylation is 1. The highest BCUT2D eigenvalue weighted by Crippen LogP contribution is 2.56. The van der Waals surface area contributed by atoms with Crippen molar-refractivity contribution in [3.8, 4) is 5.75 Å². The molecule has 1 saturated carbocycles. The van der Waals surface area contributed by atoms with Gasteiger partial charge in [-0.3, -0.25) is 9.69 Å². The van der Waals surface area contributed by atoms with Crippen molar-refractivity contribution in [2.75, 3.05) is 20.2 Å². The van der Waals surface area contributed by atoms with Gasteiger partial charge in [0.25, 0.3) is 0 Å². The number of benzene rings is 2. The van der Waals surface area contributed by atoms with Crippen molar-refractivity contribution in [1.29, 1.82) is 0 Å². The zero-order chi connectivity index (χ0) is 29.5. The number of phenolic OH excluding ortho intramolecular Hbond substituents is 1. The molecule has 2 saturated heterocycles. The Morgan fingerprint density at radius 3 is 2.88 bits per heavy atom. The third-order valence-corrected chi connectivity index (χ3v) is 11.6. The number of hydrogen-bond acceptors (Lipinski definition) is 5. The molecule has 7 atom stereocenters. The van der Waals surface area contributed by atoms with E-state index in [1.165, 1.54) is 28.6 Å². The zero-order valence-electron chi connectivity index (χ0n) is 25.7. The van der Waals surface area contributed by atoms with E-state index in [-0.39, 0.29) is 24.1 Å². The fourth-order valence-corrected chi connectivity index (χ4v) is 9.94. The molecule has 3 N–H and O–H groups in total. The number of hydrogen-bond donors (Lipinski definition) is 3. The van der Waals surface area contributed by atoms with E-state index in [1.54, 1.807) is 7.11 Å². The first-order valence-corrected chi connectivity index (χ1v) is 16.5. The Morgan fingerprint density at radius 1 is 1.21 bits per heavy atom. The third-order valence-electron chi connectivity index (χ3n) is 11.6. The van der Waals surface area contributed by atoms with Crippen LogP contribution in [0.3, 0.4) is 0 Å². The minimum absolute atomic E-state index is 0.0441. The molecule has 4 bridgehead atoms. The lowest BCUT2D eigenvalue weighted by Gasteiger charge is -2.57. The van der Waals surface area contributed by atoms with Crippen LogP contribution in [-0.2, 0) is 27.9 Å². The second kappa shape index (κ2) is 10.1. The maximum atomic E-state index is 14.0. The smallest absolute Gasteiger partial charge is 0.319 e. The molecule has 2 aromatic carbocycles. The zero-order valence-corrected chi connectivity index (χ0v) is 25.7. The molecule has 7 heteroatoms. The molecule has 0 spiro atoms. The fraction of sp³-hybridized carbons (Fsp3) is 0.528. The summed E-state index contributed by atoms with van der Waals surface area (Å²) in [4.78, 5) is 20.5. The van der Waals surface area contributed by atoms with Crippen molar-refractivity contribution in [2.24, 2.45) is 11.8 Å². The van der Waals surface area contributed by atoms with Crippen molar-refractivity contribution < 1.29 is 14.6 Å². The quantitative estimate of drug-likeness (QED) is 0.227. The summed E-state index contributed by atoms with van der Waals surface area (Å²) in [6.07, 6.45) is 7.01. The van der Waals surface area contributed by atoms with Gasteiger partial charge in [-0.15, -0.1) is 0 Å². The average Bonchev–Trinajstić information content (AvgIpc) is 3.58. The minimum atomic E-state index is -0.701. The van der Waals surface area contributed by atoms with Gasteiger partial charge in [-0.25, -0.2) is 0 Å². The second-order valence-electron chi connectivity index (χ2n) is 13.6. The fourth-order valence-electron chi connectivity index (χ4n) is 9.94. The standard InChI is InChI=1S/C36H44N4O3/c1-4-22-17-21-19-36(35(42)43-3)33-25(14-16-39(20-21)34(22)36)24-12-13-30(41)31(32(24)38-33)26(5-2)37-27-10-8-15-40-28-11-7-6-9-23(28)18-29(27)40/h6-7,9,11-13,18,21-22,26-27,34,37-38,41H,4-5,8,10,14-17,19-20H2,1-3H3. The summed E-state index contributed by atoms with van der Waals surface area (Å²) < 4.78 is 8.12. The number of para-hydroxylation sites is 1. The van der Waals surface area contributed by atoms with E-state index in [4.69, 9.17) is 4.74 Å². The summed E-state index contributed by atoms with van der Waals surface area (Å²) in [6, 6.07) is 15.2. The van der Waals surface area contributed by atoms with E-state index in [0.29, 0.717) is 17.6 Å². The van der Waals surface area contributed by atoms with Gasteiger partial charge in [0, 0.05) is 65.6 Å². The van der Waals surface area contributed by atoms with Crippen LogP contribution >= 0.6 is 0 Å². The van der Waals surface area contributed by atoms with Gasteiger partial charge in [0.2, 0.25) is 0 Å². The molecule has 3 fully saturated rings. The molecular weight excluding hydrogens is 536 g/mol. The van der Waals surface area contributed by atoms with Crippen LogP contribution in [0.25, 0.3) is 21.8 Å². The number of aromatic amines is 1. The number of H-pyrrole nitrogens is 1. The molecule has 226 valence electrons. The van der Waals surface area contributed by atoms with E-state index in [0.717, 1.165) is 80.3 Å². The first-order chi connectivity index (χ1) is 21.0. The van der Waals surface area contributed by atoms with Gasteiger partial charge >= 0.3 is 5.97 Å². The van der Waals surface area contributed by atoms with Crippen LogP contribution in [0.2, 0.25) is 0 Å². The normalized spacial score (nSPS) is 30.2. The van der Waals surface area contributed by atoms with Gasteiger partial charge in [-0.2, -0.15) is 0 Å². The Morgan fingerprint density at radius 2 is 2.07 bits per heavy atom. The van der Waals surface area contributed by atoms with E-state index < -0.39 is 5.41 Å². The highest BCUT2D eigenvalue weighted by Gasteiger charge is 2.62. The number of fused-ring (bicyclic) bond motifs is 7. The van der Waals surface area contributed by atoms with Gasteiger partial charge in [0.15, 0.2) is 0 Å². The number of rotatable bonds is 6. The lowest BCUT2D eigenvalue weighted by Crippen LogP contribution is -2.67. The monoisotopic (exact) mass is 580 g/mol. The van der Waals surface area contributed by atoms with Gasteiger partial charge in [0.1, 0.15) is 11.2 Å². The largest absolute Gasteiger partial charge is 0.508 e. The number of aromatic nitrogens is 2. The molecule has 7 nitrogen and oxygen atoms in total. The summed E-state index contributed by atoms with van der Waals surface area (Å²) in [5, 5.41) is 17.9. The highest BCUT2D eigenvalue weighted by atomic mass is 16.5. The van der Waals surface area contributed by atoms with Crippen molar-refractivity contribution >= 4 is 27.8 Å². The van der Waals surface area contributed by atoms with Gasteiger partial charge in [-0.05, 0) is 85.6 Å². The van der Waals surface area contributed by atoms with Crippen LogP contribution in [-0.4, -0.2) is 51.8 Å². The summed E-state index contributed by atoms with van der Waals surface area (Å²) >= 11 is 0. The van der Waals surface area contributed by atoms with E-state index in [1.807, 2.05) is 6.07 Å². The Hall–Kier alpha value is -3.29. The number of nitrogens with zero attached hydrogens (tertiary/aromatic N) is 2. The van der Waals surface area contributed by atoms with Crippen LogP contribution in [0.1, 0.15) is 87.0 Å². The van der Waals surface area contributed by atoms with Gasteiger partial charge in [-0.1, -0.05) is 38.5 Å². The van der Waals surface area contributed by atoms with Crippen LogP contribution in [0.5, 0.6) is 5.75 Å². The first kappa shape index (κ1) is 27.3. The van der Waals surface area contributed by atoms with Crippen molar-refractivity contribution in [3.63, 3.8) is 0 Å². The van der Waals surface area contributed by atoms with Crippen molar-refractivity contribution in [1.82, 2.24) is 19.8 Å². The highest BCUT2D eigenvalue weighted by molar-refractivity contribution is 5.94. The van der Waals surface area contributed by atoms with Crippen LogP contribution in [0, 0.1) is 11.8 Å². The number of nitrogens with one attached hydrogen (secondary N) is 2. The summed E-state index contributed by atoms with van der Waals surface area (Å²) in [5.74, 6) is 1.17. The Balaban J connectivity index is 1.25. The number of piperidine rings is 2. The Bertz CT molecular complexity index is 1720. The van der Waals surface area contributed by atoms with Crippen LogP contribution < -0.4 is 5.32 Å². The number of carbonyl (C=O) groups excluding carboxylic acids is 1. The number of carbonyl (C=O) groups is 1. The summed E-state index contributed by atoms with van der Waals surface area (Å²) in [6.45, 7) is 7.54. The summed E-state index contributed by atoms with van der Waals surface area (Å²) in [5.41, 5.74) is 6.10. The second-order valence-corrected chi connectivity index (χ2v) is 13.6. The van der Waals surface area contributed by atoms with E-state index in [2.05, 4.69) is 70.0 Å². The summed E-state index contributed by atoms with van der Waals surface area (Å²) in [7, 11) is 1.55. The van der Waals surface area contributed by atoms with Crippen molar-refractivity contribution in [3.05, 3.63) is 65.0 Å². The average molecular weight is 581 g/mol. The molecule has 0 amide bonds. The molecular formula is C36H44N4O3. The molecule has 6 heterocycles. The topological polar surface area (TPSA) is 82.5 Å². The van der Waals surface area contributed by atoms with E-state index >= 15 is 0 Å². The van der Waals surface area contributed by atoms with Crippen molar-refractivity contribution in [2.45, 2.75) is 88.9 Å². The van der Waals surface area contributed by atoms with Crippen LogP contribution in [0.15, 0.2) is 42.5 Å². The number of aromatic hydroxyl groups is 1. The predicted molar refractivity (Wildman–Crippen MR) is 169 cm³/mol. The third kappa shape index (κ3) is 3.83. The number of phenols is 1. The molecule has 4 aliphatic heterocycles. The maximum absolute atomic E-state index is 14.0.